The Morgan fingerprint density at radius 3 is 2.20 bits per heavy atom. The smallest absolute Gasteiger partial charge is 0.330 e. The molecule has 1 unspecified atom stereocenters. The zero-order valence-corrected chi connectivity index (χ0v) is 8.74. The number of amides is 1. The molecule has 15 heavy (non-hydrogen) atoms. The maximum Gasteiger partial charge on any atom is 0.330 e. The Bertz CT molecular complexity index is 235. The maximum absolute atomic E-state index is 11.3. The van der Waals surface area contributed by atoms with Crippen molar-refractivity contribution in [1.29, 1.82) is 0 Å². The van der Waals surface area contributed by atoms with Crippen LogP contribution >= 0.6 is 0 Å². The zero-order valence-electron chi connectivity index (χ0n) is 8.74. The first-order chi connectivity index (χ1) is 7.11. The van der Waals surface area contributed by atoms with Crippen molar-refractivity contribution in [1.82, 2.24) is 5.32 Å². The van der Waals surface area contributed by atoms with Crippen LogP contribution in [0.4, 0.5) is 0 Å². The summed E-state index contributed by atoms with van der Waals surface area (Å²) < 4.78 is 0. The van der Waals surface area contributed by atoms with Gasteiger partial charge in [0.25, 0.3) is 0 Å². The summed E-state index contributed by atoms with van der Waals surface area (Å²) in [5.74, 6) is -1.85. The predicted molar refractivity (Wildman–Crippen MR) is 55.2 cm³/mol. The van der Waals surface area contributed by atoms with Crippen molar-refractivity contribution >= 4 is 11.9 Å². The lowest BCUT2D eigenvalue weighted by Gasteiger charge is -2.17. The van der Waals surface area contributed by atoms with Crippen LogP contribution in [0.1, 0.15) is 38.5 Å². The minimum atomic E-state index is -1.44. The summed E-state index contributed by atoms with van der Waals surface area (Å²) in [7, 11) is 0. The van der Waals surface area contributed by atoms with E-state index in [0.717, 1.165) is 25.7 Å². The number of aliphatic carboxylic acids is 1. The van der Waals surface area contributed by atoms with Crippen LogP contribution in [-0.2, 0) is 9.59 Å². The Morgan fingerprint density at radius 1 is 1.20 bits per heavy atom. The third-order valence-corrected chi connectivity index (χ3v) is 2.75. The lowest BCUT2D eigenvalue weighted by atomic mass is 10.1. The molecule has 0 aliphatic heterocycles. The average Bonchev–Trinajstić information content (AvgIpc) is 2.45. The molecule has 0 aromatic carbocycles. The third-order valence-electron chi connectivity index (χ3n) is 2.75. The molecule has 4 N–H and O–H groups in total. The molecule has 0 radical (unpaired) electrons. The summed E-state index contributed by atoms with van der Waals surface area (Å²) in [6, 6.07) is -1.33. The Labute approximate surface area is 89.0 Å². The van der Waals surface area contributed by atoms with Crippen LogP contribution in [0, 0.1) is 0 Å². The van der Waals surface area contributed by atoms with Gasteiger partial charge in [-0.05, 0) is 12.8 Å². The Balaban J connectivity index is 2.38. The summed E-state index contributed by atoms with van der Waals surface area (Å²) >= 11 is 0. The first kappa shape index (κ1) is 12.0. The molecule has 86 valence electrons. The number of carboxylic acid groups (broad SMARTS) is 1. The SMILES string of the molecule is NC(C(=O)O)C(=O)NC1CCCCCC1. The van der Waals surface area contributed by atoms with Crippen LogP contribution in [0.25, 0.3) is 0 Å². The topological polar surface area (TPSA) is 92.4 Å². The standard InChI is InChI=1S/C10H18N2O3/c11-8(10(14)15)9(13)12-7-5-3-1-2-4-6-7/h7-8H,1-6,11H2,(H,12,13)(H,14,15). The molecule has 1 fully saturated rings. The molecule has 0 saturated heterocycles. The number of rotatable bonds is 3. The van der Waals surface area contributed by atoms with E-state index in [1.165, 1.54) is 12.8 Å². The Hall–Kier alpha value is -1.10. The van der Waals surface area contributed by atoms with E-state index in [-0.39, 0.29) is 6.04 Å². The first-order valence-electron chi connectivity index (χ1n) is 5.40. The normalized spacial score (nSPS) is 20.3. The number of carbonyl (C=O) groups is 2. The highest BCUT2D eigenvalue weighted by Gasteiger charge is 2.23. The van der Waals surface area contributed by atoms with Gasteiger partial charge in [0.05, 0.1) is 0 Å². The highest BCUT2D eigenvalue weighted by molar-refractivity contribution is 6.00. The second kappa shape index (κ2) is 5.70. The summed E-state index contributed by atoms with van der Waals surface area (Å²) in [6.07, 6.45) is 6.42. The lowest BCUT2D eigenvalue weighted by Crippen LogP contribution is -2.49. The summed E-state index contributed by atoms with van der Waals surface area (Å²) in [6.45, 7) is 0. The number of carbonyl (C=O) groups excluding carboxylic acids is 1. The maximum atomic E-state index is 11.3. The third kappa shape index (κ3) is 3.87. The van der Waals surface area contributed by atoms with Gasteiger partial charge in [0, 0.05) is 6.04 Å². The van der Waals surface area contributed by atoms with Gasteiger partial charge >= 0.3 is 5.97 Å². The van der Waals surface area contributed by atoms with Crippen molar-refractivity contribution in [3.63, 3.8) is 0 Å². The van der Waals surface area contributed by atoms with Gasteiger partial charge in [0.2, 0.25) is 5.91 Å². The van der Waals surface area contributed by atoms with Gasteiger partial charge in [-0.25, -0.2) is 4.79 Å². The minimum Gasteiger partial charge on any atom is -0.480 e. The lowest BCUT2D eigenvalue weighted by molar-refractivity contribution is -0.142. The quantitative estimate of drug-likeness (QED) is 0.463. The van der Waals surface area contributed by atoms with Crippen molar-refractivity contribution in [2.24, 2.45) is 5.73 Å². The molecule has 5 nitrogen and oxygen atoms in total. The number of nitrogens with one attached hydrogen (secondary N) is 1. The van der Waals surface area contributed by atoms with E-state index in [1.54, 1.807) is 0 Å². The highest BCUT2D eigenvalue weighted by Crippen LogP contribution is 2.17. The van der Waals surface area contributed by atoms with Gasteiger partial charge in [-0.2, -0.15) is 0 Å². The molecule has 1 aliphatic carbocycles. The van der Waals surface area contributed by atoms with E-state index in [4.69, 9.17) is 10.8 Å². The van der Waals surface area contributed by atoms with Crippen molar-refractivity contribution in [3.05, 3.63) is 0 Å². The number of hydrogen-bond donors (Lipinski definition) is 3. The monoisotopic (exact) mass is 214 g/mol. The number of carboxylic acids is 1. The molecule has 0 heterocycles. The van der Waals surface area contributed by atoms with Crippen molar-refractivity contribution in [2.45, 2.75) is 50.6 Å². The van der Waals surface area contributed by atoms with Crippen LogP contribution in [0.15, 0.2) is 0 Å². The average molecular weight is 214 g/mol. The molecule has 1 rings (SSSR count). The van der Waals surface area contributed by atoms with Crippen molar-refractivity contribution in [3.8, 4) is 0 Å². The molecule has 0 aromatic rings. The molecule has 1 aliphatic rings. The van der Waals surface area contributed by atoms with E-state index in [1.807, 2.05) is 0 Å². The first-order valence-corrected chi connectivity index (χ1v) is 5.40. The van der Waals surface area contributed by atoms with Crippen molar-refractivity contribution < 1.29 is 14.7 Å². The fraction of sp³-hybridized carbons (Fsp3) is 0.800. The van der Waals surface area contributed by atoms with Crippen molar-refractivity contribution in [2.75, 3.05) is 0 Å². The van der Waals surface area contributed by atoms with E-state index in [2.05, 4.69) is 5.32 Å². The van der Waals surface area contributed by atoms with Crippen LogP contribution in [0.3, 0.4) is 0 Å². The van der Waals surface area contributed by atoms with E-state index >= 15 is 0 Å². The zero-order chi connectivity index (χ0) is 11.3. The molecule has 5 heteroatoms. The molecule has 1 amide bonds. The predicted octanol–water partition coefficient (Wildman–Crippen LogP) is 0.237. The van der Waals surface area contributed by atoms with Gasteiger partial charge < -0.3 is 16.2 Å². The fourth-order valence-corrected chi connectivity index (χ4v) is 1.83. The van der Waals surface area contributed by atoms with Gasteiger partial charge in [-0.3, -0.25) is 4.79 Å². The fourth-order valence-electron chi connectivity index (χ4n) is 1.83. The van der Waals surface area contributed by atoms with Gasteiger partial charge in [-0.15, -0.1) is 0 Å². The second-order valence-electron chi connectivity index (χ2n) is 4.01. The van der Waals surface area contributed by atoms with E-state index in [9.17, 15) is 9.59 Å². The molecular weight excluding hydrogens is 196 g/mol. The largest absolute Gasteiger partial charge is 0.480 e. The molecule has 1 atom stereocenters. The molecule has 0 spiro atoms. The molecule has 1 saturated carbocycles. The minimum absolute atomic E-state index is 0.102. The van der Waals surface area contributed by atoms with E-state index < -0.39 is 17.9 Å². The number of nitrogens with two attached hydrogens (primary N) is 1. The van der Waals surface area contributed by atoms with Crippen LogP contribution in [0.2, 0.25) is 0 Å². The molecule has 0 bridgehead atoms. The van der Waals surface area contributed by atoms with Gasteiger partial charge in [-0.1, -0.05) is 25.7 Å². The highest BCUT2D eigenvalue weighted by atomic mass is 16.4. The van der Waals surface area contributed by atoms with Gasteiger partial charge in [0.15, 0.2) is 6.04 Å². The Morgan fingerprint density at radius 2 is 1.73 bits per heavy atom. The van der Waals surface area contributed by atoms with Crippen LogP contribution < -0.4 is 11.1 Å². The Kier molecular flexibility index (Phi) is 4.55. The molecular formula is C10H18N2O3. The second-order valence-corrected chi connectivity index (χ2v) is 4.01. The summed E-state index contributed by atoms with van der Waals surface area (Å²) in [5, 5.41) is 11.2. The van der Waals surface area contributed by atoms with Crippen LogP contribution in [-0.4, -0.2) is 29.1 Å². The molecule has 0 aromatic heterocycles. The van der Waals surface area contributed by atoms with Gasteiger partial charge in [0.1, 0.15) is 0 Å². The summed E-state index contributed by atoms with van der Waals surface area (Å²) in [5.41, 5.74) is 5.20. The van der Waals surface area contributed by atoms with Crippen LogP contribution in [0.5, 0.6) is 0 Å². The number of hydrogen-bond acceptors (Lipinski definition) is 3. The summed E-state index contributed by atoms with van der Waals surface area (Å²) in [4.78, 5) is 21.8. The van der Waals surface area contributed by atoms with E-state index in [0.29, 0.717) is 0 Å².